The molecule has 0 saturated heterocycles. The normalized spacial score (nSPS) is 16.8. The van der Waals surface area contributed by atoms with Gasteiger partial charge in [0.15, 0.2) is 0 Å². The van der Waals surface area contributed by atoms with E-state index in [0.29, 0.717) is 10.9 Å². The first-order valence-corrected chi connectivity index (χ1v) is 6.57. The van der Waals surface area contributed by atoms with Crippen LogP contribution in [-0.4, -0.2) is 21.7 Å². The van der Waals surface area contributed by atoms with Crippen LogP contribution >= 0.6 is 11.6 Å². The number of nitrogens with one attached hydrogen (secondary N) is 2. The van der Waals surface area contributed by atoms with Crippen molar-refractivity contribution < 1.29 is 0 Å². The minimum Gasteiger partial charge on any atom is -0.357 e. The zero-order valence-electron chi connectivity index (χ0n) is 10.7. The molecule has 2 N–H and O–H groups in total. The lowest BCUT2D eigenvalue weighted by molar-refractivity contribution is 0.572. The van der Waals surface area contributed by atoms with Crippen LogP contribution in [0.1, 0.15) is 25.3 Å². The molecule has 0 unspecified atom stereocenters. The van der Waals surface area contributed by atoms with Crippen molar-refractivity contribution in [1.82, 2.24) is 15.1 Å². The second kappa shape index (κ2) is 6.33. The largest absolute Gasteiger partial charge is 0.357 e. The van der Waals surface area contributed by atoms with E-state index in [2.05, 4.69) is 22.3 Å². The fourth-order valence-corrected chi connectivity index (χ4v) is 1.90. The summed E-state index contributed by atoms with van der Waals surface area (Å²) in [5.74, 6) is 0. The number of allylic oxidation sites excluding steroid dienone is 2. The highest BCUT2D eigenvalue weighted by atomic mass is 35.5. The zero-order chi connectivity index (χ0) is 13.7. The van der Waals surface area contributed by atoms with Crippen molar-refractivity contribution in [3.8, 4) is 0 Å². The first-order valence-electron chi connectivity index (χ1n) is 6.19. The van der Waals surface area contributed by atoms with E-state index >= 15 is 0 Å². The summed E-state index contributed by atoms with van der Waals surface area (Å²) < 4.78 is 1.90. The maximum absolute atomic E-state index is 7.17. The number of hydrogen-bond acceptors (Lipinski definition) is 4. The smallest absolute Gasteiger partial charge is 0.145 e. The van der Waals surface area contributed by atoms with Crippen LogP contribution in [0.5, 0.6) is 0 Å². The molecule has 0 amide bonds. The Labute approximate surface area is 117 Å². The van der Waals surface area contributed by atoms with Crippen LogP contribution < -0.4 is 5.32 Å². The third-order valence-corrected chi connectivity index (χ3v) is 2.91. The Hall–Kier alpha value is -1.88. The van der Waals surface area contributed by atoms with Gasteiger partial charge in [-0.25, -0.2) is 4.99 Å². The number of aromatic nitrogens is 2. The van der Waals surface area contributed by atoms with Crippen LogP contribution in [-0.2, 0) is 6.54 Å². The van der Waals surface area contributed by atoms with Gasteiger partial charge in [-0.3, -0.25) is 4.68 Å². The quantitative estimate of drug-likeness (QED) is 0.642. The highest BCUT2D eigenvalue weighted by Gasteiger charge is 2.15. The summed E-state index contributed by atoms with van der Waals surface area (Å²) in [4.78, 5) is 4.30. The Morgan fingerprint density at radius 2 is 2.37 bits per heavy atom. The van der Waals surface area contributed by atoms with Crippen molar-refractivity contribution in [2.45, 2.75) is 26.3 Å². The molecule has 0 bridgehead atoms. The van der Waals surface area contributed by atoms with E-state index in [1.54, 1.807) is 18.5 Å². The molecule has 100 valence electrons. The maximum Gasteiger partial charge on any atom is 0.145 e. The Morgan fingerprint density at radius 3 is 3.11 bits per heavy atom. The molecule has 2 heterocycles. The van der Waals surface area contributed by atoms with Gasteiger partial charge in [-0.1, -0.05) is 24.9 Å². The Balaban J connectivity index is 2.27. The van der Waals surface area contributed by atoms with Gasteiger partial charge < -0.3 is 10.7 Å². The molecule has 0 aromatic carbocycles. The number of halogens is 1. The molecular formula is C13H16ClN5. The molecule has 19 heavy (non-hydrogen) atoms. The van der Waals surface area contributed by atoms with E-state index in [-0.39, 0.29) is 0 Å². The minimum atomic E-state index is 0.387. The Bertz CT molecular complexity index is 553. The van der Waals surface area contributed by atoms with Crippen LogP contribution in [0.25, 0.3) is 0 Å². The van der Waals surface area contributed by atoms with Gasteiger partial charge in [0.2, 0.25) is 0 Å². The van der Waals surface area contributed by atoms with Gasteiger partial charge in [-0.05, 0) is 12.5 Å². The fourth-order valence-electron chi connectivity index (χ4n) is 1.76. The molecule has 2 rings (SSSR count). The Kier molecular flexibility index (Phi) is 4.52. The predicted octanol–water partition coefficient (Wildman–Crippen LogP) is 2.65. The average molecular weight is 278 g/mol. The third-order valence-electron chi connectivity index (χ3n) is 2.72. The second-order valence-electron chi connectivity index (χ2n) is 4.16. The van der Waals surface area contributed by atoms with E-state index in [1.807, 2.05) is 10.9 Å². The summed E-state index contributed by atoms with van der Waals surface area (Å²) in [7, 11) is 0. The second-order valence-corrected chi connectivity index (χ2v) is 4.55. The third kappa shape index (κ3) is 3.32. The molecule has 1 aromatic heterocycles. The first kappa shape index (κ1) is 13.5. The summed E-state index contributed by atoms with van der Waals surface area (Å²) in [5, 5.41) is 14.9. The van der Waals surface area contributed by atoms with Crippen molar-refractivity contribution in [2.75, 3.05) is 0 Å². The SMILES string of the molecule is CCCCn1cc(C2=NC(Cl)=CN/C2=C\C=N)cn1. The number of rotatable bonds is 5. The number of unbranched alkanes of at least 4 members (excludes halogenated alkanes) is 1. The summed E-state index contributed by atoms with van der Waals surface area (Å²) in [6, 6.07) is 0. The maximum atomic E-state index is 7.17. The Morgan fingerprint density at radius 1 is 1.53 bits per heavy atom. The van der Waals surface area contributed by atoms with Crippen LogP contribution in [0.2, 0.25) is 0 Å². The van der Waals surface area contributed by atoms with E-state index in [0.717, 1.165) is 30.6 Å². The lowest BCUT2D eigenvalue weighted by atomic mass is 10.1. The van der Waals surface area contributed by atoms with Gasteiger partial charge in [0.1, 0.15) is 5.16 Å². The zero-order valence-corrected chi connectivity index (χ0v) is 11.5. The van der Waals surface area contributed by atoms with Crippen molar-refractivity contribution in [3.63, 3.8) is 0 Å². The molecule has 0 aliphatic carbocycles. The van der Waals surface area contributed by atoms with E-state index in [9.17, 15) is 0 Å². The predicted molar refractivity (Wildman–Crippen MR) is 77.6 cm³/mol. The van der Waals surface area contributed by atoms with E-state index < -0.39 is 0 Å². The molecule has 0 saturated carbocycles. The molecule has 0 spiro atoms. The molecule has 0 radical (unpaired) electrons. The van der Waals surface area contributed by atoms with Crippen molar-refractivity contribution in [2.24, 2.45) is 4.99 Å². The standard InChI is InChI=1S/C13H16ClN5/c1-2-3-6-19-9-10(7-17-19)13-11(4-5-15)16-8-12(14)18-13/h4-5,7-9,15-16H,2-3,6H2,1H3/b11-4-,15-5?. The topological polar surface area (TPSA) is 66.1 Å². The number of hydrogen-bond donors (Lipinski definition) is 2. The van der Waals surface area contributed by atoms with Gasteiger partial charge in [-0.15, -0.1) is 0 Å². The molecular weight excluding hydrogens is 262 g/mol. The van der Waals surface area contributed by atoms with Gasteiger partial charge >= 0.3 is 0 Å². The van der Waals surface area contributed by atoms with Crippen LogP contribution in [0.4, 0.5) is 0 Å². The number of aliphatic imine (C=N–C) groups is 1. The lowest BCUT2D eigenvalue weighted by Crippen LogP contribution is -2.20. The van der Waals surface area contributed by atoms with Gasteiger partial charge in [0.05, 0.1) is 17.6 Å². The highest BCUT2D eigenvalue weighted by molar-refractivity contribution is 6.31. The van der Waals surface area contributed by atoms with Gasteiger partial charge in [-0.2, -0.15) is 5.10 Å². The summed E-state index contributed by atoms with van der Waals surface area (Å²) >= 11 is 5.92. The van der Waals surface area contributed by atoms with Gasteiger partial charge in [0, 0.05) is 30.7 Å². The van der Waals surface area contributed by atoms with Gasteiger partial charge in [0.25, 0.3) is 0 Å². The van der Waals surface area contributed by atoms with Crippen molar-refractivity contribution in [1.29, 1.82) is 5.41 Å². The molecule has 5 nitrogen and oxygen atoms in total. The van der Waals surface area contributed by atoms with Crippen LogP contribution in [0, 0.1) is 5.41 Å². The van der Waals surface area contributed by atoms with E-state index in [4.69, 9.17) is 17.0 Å². The minimum absolute atomic E-state index is 0.387. The van der Waals surface area contributed by atoms with Crippen molar-refractivity contribution in [3.05, 3.63) is 41.1 Å². The lowest BCUT2D eigenvalue weighted by Gasteiger charge is -2.13. The summed E-state index contributed by atoms with van der Waals surface area (Å²) in [5.41, 5.74) is 2.34. The summed E-state index contributed by atoms with van der Waals surface area (Å²) in [6.07, 6.45) is 10.4. The molecule has 1 aliphatic heterocycles. The molecule has 0 atom stereocenters. The average Bonchev–Trinajstić information content (AvgIpc) is 2.87. The van der Waals surface area contributed by atoms with E-state index in [1.165, 1.54) is 6.21 Å². The van der Waals surface area contributed by atoms with Crippen molar-refractivity contribution >= 4 is 23.5 Å². The van der Waals surface area contributed by atoms with Crippen LogP contribution in [0.15, 0.2) is 40.5 Å². The molecule has 6 heteroatoms. The molecule has 1 aliphatic rings. The number of nitrogens with zero attached hydrogens (tertiary/aromatic N) is 3. The monoisotopic (exact) mass is 277 g/mol. The molecule has 0 fully saturated rings. The van der Waals surface area contributed by atoms with Crippen LogP contribution in [0.3, 0.4) is 0 Å². The summed E-state index contributed by atoms with van der Waals surface area (Å²) in [6.45, 7) is 3.04. The number of aryl methyl sites for hydroxylation is 1. The fraction of sp³-hybridized carbons (Fsp3) is 0.308. The molecule has 1 aromatic rings. The highest BCUT2D eigenvalue weighted by Crippen LogP contribution is 2.16. The first-order chi connectivity index (χ1) is 9.24.